The summed E-state index contributed by atoms with van der Waals surface area (Å²) in [5.41, 5.74) is 5.17. The van der Waals surface area contributed by atoms with Crippen LogP contribution in [-0.4, -0.2) is 64.8 Å². The van der Waals surface area contributed by atoms with Crippen LogP contribution < -0.4 is 5.73 Å². The average Bonchev–Trinajstić information content (AvgIpc) is 2.37. The van der Waals surface area contributed by atoms with Crippen molar-refractivity contribution in [2.75, 3.05) is 26.2 Å². The zero-order valence-corrected chi connectivity index (χ0v) is 12.1. The lowest BCUT2D eigenvalue weighted by atomic mass is 10.0. The van der Waals surface area contributed by atoms with Crippen molar-refractivity contribution in [2.24, 2.45) is 10.9 Å². The summed E-state index contributed by atoms with van der Waals surface area (Å²) in [6, 6.07) is 0. The molecule has 3 N–H and O–H groups in total. The number of nitrogens with two attached hydrogens (primary N) is 1. The number of ether oxygens (including phenoxy) is 1. The zero-order chi connectivity index (χ0) is 14.6. The van der Waals surface area contributed by atoms with Crippen LogP contribution in [0.3, 0.4) is 0 Å². The summed E-state index contributed by atoms with van der Waals surface area (Å²) >= 11 is 0. The van der Waals surface area contributed by atoms with E-state index in [9.17, 15) is 4.79 Å². The summed E-state index contributed by atoms with van der Waals surface area (Å²) in [7, 11) is 0. The molecule has 0 aromatic heterocycles. The Morgan fingerprint density at radius 3 is 2.26 bits per heavy atom. The van der Waals surface area contributed by atoms with Crippen molar-refractivity contribution in [3.05, 3.63) is 0 Å². The number of carbonyl (C=O) groups is 1. The molecule has 7 heteroatoms. The highest BCUT2D eigenvalue weighted by atomic mass is 16.6. The fourth-order valence-corrected chi connectivity index (χ4v) is 2.01. The number of piperazine rings is 1. The van der Waals surface area contributed by atoms with E-state index in [0.717, 1.165) is 0 Å². The van der Waals surface area contributed by atoms with Crippen LogP contribution in [0.1, 0.15) is 27.7 Å². The van der Waals surface area contributed by atoms with Crippen molar-refractivity contribution >= 4 is 11.9 Å². The molecular formula is C12H24N4O3. The van der Waals surface area contributed by atoms with Crippen LogP contribution in [-0.2, 0) is 4.74 Å². The molecule has 0 radical (unpaired) electrons. The Bertz CT molecular complexity index is 347. The number of amidine groups is 1. The number of amides is 1. The van der Waals surface area contributed by atoms with E-state index < -0.39 is 5.54 Å². The van der Waals surface area contributed by atoms with Gasteiger partial charge in [0.25, 0.3) is 0 Å². The lowest BCUT2D eigenvalue weighted by molar-refractivity contribution is 0.0436. The highest BCUT2D eigenvalue weighted by Crippen LogP contribution is 2.17. The van der Waals surface area contributed by atoms with E-state index in [-0.39, 0.29) is 18.0 Å². The van der Waals surface area contributed by atoms with E-state index in [1.807, 2.05) is 27.7 Å². The molecule has 1 aliphatic heterocycles. The van der Waals surface area contributed by atoms with Crippen molar-refractivity contribution in [1.82, 2.24) is 9.80 Å². The molecule has 0 unspecified atom stereocenters. The van der Waals surface area contributed by atoms with Gasteiger partial charge >= 0.3 is 6.09 Å². The molecule has 0 atom stereocenters. The molecule has 110 valence electrons. The van der Waals surface area contributed by atoms with Gasteiger partial charge in [0.05, 0.1) is 11.6 Å². The largest absolute Gasteiger partial charge is 0.447 e. The highest BCUT2D eigenvalue weighted by Gasteiger charge is 2.35. The molecule has 0 saturated carbocycles. The van der Waals surface area contributed by atoms with Gasteiger partial charge in [-0.3, -0.25) is 4.90 Å². The molecule has 0 spiro atoms. The van der Waals surface area contributed by atoms with Crippen LogP contribution >= 0.6 is 0 Å². The normalized spacial score (nSPS) is 18.8. The Labute approximate surface area is 114 Å². The highest BCUT2D eigenvalue weighted by molar-refractivity contribution is 5.88. The summed E-state index contributed by atoms with van der Waals surface area (Å²) in [4.78, 5) is 15.5. The topological polar surface area (TPSA) is 91.4 Å². The number of nitrogens with zero attached hydrogens (tertiary/aromatic N) is 3. The van der Waals surface area contributed by atoms with Crippen LogP contribution in [0.15, 0.2) is 5.16 Å². The SMILES string of the molecule is CC(C)OC(=O)N1CCN(C(C)(C)C(N)=NO)CC1. The van der Waals surface area contributed by atoms with Gasteiger partial charge in [0.15, 0.2) is 5.84 Å². The molecule has 1 fully saturated rings. The second-order valence-electron chi connectivity index (χ2n) is 5.45. The Morgan fingerprint density at radius 2 is 1.84 bits per heavy atom. The number of carbonyl (C=O) groups excluding carboxylic acids is 1. The molecule has 1 saturated heterocycles. The lowest BCUT2D eigenvalue weighted by Crippen LogP contribution is -2.60. The van der Waals surface area contributed by atoms with Gasteiger partial charge in [0.2, 0.25) is 0 Å². The number of hydrogen-bond donors (Lipinski definition) is 2. The Kier molecular flexibility index (Phi) is 4.99. The summed E-state index contributed by atoms with van der Waals surface area (Å²) in [6.07, 6.45) is -0.393. The third-order valence-corrected chi connectivity index (χ3v) is 3.40. The van der Waals surface area contributed by atoms with Gasteiger partial charge in [0, 0.05) is 26.2 Å². The zero-order valence-electron chi connectivity index (χ0n) is 12.1. The first-order valence-electron chi connectivity index (χ1n) is 6.47. The van der Waals surface area contributed by atoms with Crippen LogP contribution in [0.2, 0.25) is 0 Å². The third-order valence-electron chi connectivity index (χ3n) is 3.40. The van der Waals surface area contributed by atoms with E-state index in [1.54, 1.807) is 4.90 Å². The monoisotopic (exact) mass is 272 g/mol. The lowest BCUT2D eigenvalue weighted by Gasteiger charge is -2.42. The molecule has 1 rings (SSSR count). The first-order valence-corrected chi connectivity index (χ1v) is 6.47. The van der Waals surface area contributed by atoms with E-state index in [0.29, 0.717) is 26.2 Å². The van der Waals surface area contributed by atoms with Gasteiger partial charge in [-0.05, 0) is 27.7 Å². The van der Waals surface area contributed by atoms with E-state index in [4.69, 9.17) is 15.7 Å². The minimum absolute atomic E-state index is 0.112. The molecule has 0 bridgehead atoms. The van der Waals surface area contributed by atoms with E-state index in [1.165, 1.54) is 0 Å². The Hall–Kier alpha value is -1.50. The van der Waals surface area contributed by atoms with Crippen molar-refractivity contribution in [2.45, 2.75) is 39.3 Å². The van der Waals surface area contributed by atoms with Gasteiger partial charge in [-0.1, -0.05) is 5.16 Å². The Morgan fingerprint density at radius 1 is 1.32 bits per heavy atom. The summed E-state index contributed by atoms with van der Waals surface area (Å²) in [6.45, 7) is 9.92. The van der Waals surface area contributed by atoms with Gasteiger partial charge in [0.1, 0.15) is 0 Å². The first kappa shape index (κ1) is 15.6. The quantitative estimate of drug-likeness (QED) is 0.341. The van der Waals surface area contributed by atoms with Crippen molar-refractivity contribution < 1.29 is 14.7 Å². The van der Waals surface area contributed by atoms with Gasteiger partial charge in [-0.15, -0.1) is 0 Å². The molecule has 1 heterocycles. The number of oxime groups is 1. The Balaban J connectivity index is 2.56. The maximum absolute atomic E-state index is 11.8. The van der Waals surface area contributed by atoms with Gasteiger partial charge < -0.3 is 20.6 Å². The molecule has 0 aromatic carbocycles. The molecule has 19 heavy (non-hydrogen) atoms. The minimum Gasteiger partial charge on any atom is -0.447 e. The van der Waals surface area contributed by atoms with Crippen molar-refractivity contribution in [1.29, 1.82) is 0 Å². The van der Waals surface area contributed by atoms with E-state index >= 15 is 0 Å². The first-order chi connectivity index (χ1) is 8.78. The average molecular weight is 272 g/mol. The minimum atomic E-state index is -0.525. The molecular weight excluding hydrogens is 248 g/mol. The van der Waals surface area contributed by atoms with Crippen molar-refractivity contribution in [3.8, 4) is 0 Å². The maximum Gasteiger partial charge on any atom is 0.410 e. The fourth-order valence-electron chi connectivity index (χ4n) is 2.01. The predicted octanol–water partition coefficient (Wildman–Crippen LogP) is 0.674. The molecule has 0 aliphatic carbocycles. The second-order valence-corrected chi connectivity index (χ2v) is 5.45. The van der Waals surface area contributed by atoms with Crippen molar-refractivity contribution in [3.63, 3.8) is 0 Å². The second kappa shape index (κ2) is 6.10. The molecule has 7 nitrogen and oxygen atoms in total. The maximum atomic E-state index is 11.8. The van der Waals surface area contributed by atoms with Gasteiger partial charge in [-0.2, -0.15) is 0 Å². The summed E-state index contributed by atoms with van der Waals surface area (Å²) in [5, 5.41) is 11.9. The van der Waals surface area contributed by atoms with Crippen LogP contribution in [0.5, 0.6) is 0 Å². The third kappa shape index (κ3) is 3.73. The van der Waals surface area contributed by atoms with Crippen LogP contribution in [0, 0.1) is 0 Å². The molecule has 0 aromatic rings. The number of hydrogen-bond acceptors (Lipinski definition) is 5. The summed E-state index contributed by atoms with van der Waals surface area (Å²) < 4.78 is 5.16. The van der Waals surface area contributed by atoms with Crippen LogP contribution in [0.25, 0.3) is 0 Å². The molecule has 1 aliphatic rings. The number of rotatable bonds is 3. The molecule has 1 amide bonds. The van der Waals surface area contributed by atoms with E-state index in [2.05, 4.69) is 10.1 Å². The predicted molar refractivity (Wildman–Crippen MR) is 72.3 cm³/mol. The fraction of sp³-hybridized carbons (Fsp3) is 0.833. The van der Waals surface area contributed by atoms with Gasteiger partial charge in [-0.25, -0.2) is 4.79 Å². The summed E-state index contributed by atoms with van der Waals surface area (Å²) in [5.74, 6) is 0.172. The standard InChI is InChI=1S/C12H24N4O3/c1-9(2)19-11(17)15-5-7-16(8-6-15)12(3,4)10(13)14-18/h9,18H,5-8H2,1-4H3,(H2,13,14). The smallest absolute Gasteiger partial charge is 0.410 e. The van der Waals surface area contributed by atoms with Crippen LogP contribution in [0.4, 0.5) is 4.79 Å².